The Hall–Kier alpha value is -1.03. The first-order valence-corrected chi connectivity index (χ1v) is 7.23. The molecule has 0 bridgehead atoms. The number of unbranched alkanes of at least 4 members (excludes halogenated alkanes) is 1. The van der Waals surface area contributed by atoms with Gasteiger partial charge in [0.15, 0.2) is 0 Å². The monoisotopic (exact) mass is 287 g/mol. The summed E-state index contributed by atoms with van der Waals surface area (Å²) in [5, 5.41) is 3.00. The van der Waals surface area contributed by atoms with E-state index in [4.69, 9.17) is 0 Å². The highest BCUT2D eigenvalue weighted by Gasteiger charge is 2.30. The van der Waals surface area contributed by atoms with Crippen LogP contribution < -0.4 is 5.32 Å². The molecule has 0 spiro atoms. The molecule has 0 aliphatic rings. The topological polar surface area (TPSA) is 12.0 Å². The van der Waals surface area contributed by atoms with Crippen molar-refractivity contribution < 1.29 is 13.2 Å². The number of rotatable bonds is 7. The Kier molecular flexibility index (Phi) is 6.53. The van der Waals surface area contributed by atoms with Crippen LogP contribution in [0.4, 0.5) is 13.2 Å². The Morgan fingerprint density at radius 3 is 2.20 bits per heavy atom. The maximum absolute atomic E-state index is 12.3. The average Bonchev–Trinajstić information content (AvgIpc) is 2.34. The molecular formula is C16H24F3N. The van der Waals surface area contributed by atoms with Crippen LogP contribution in [-0.2, 0) is 6.42 Å². The molecule has 1 nitrogen and oxygen atoms in total. The highest BCUT2D eigenvalue weighted by Crippen LogP contribution is 2.23. The van der Waals surface area contributed by atoms with Crippen molar-refractivity contribution in [2.75, 3.05) is 0 Å². The van der Waals surface area contributed by atoms with Crippen molar-refractivity contribution in [2.45, 2.75) is 64.7 Å². The molecule has 2 unspecified atom stereocenters. The summed E-state index contributed by atoms with van der Waals surface area (Å²) >= 11 is 0. The van der Waals surface area contributed by atoms with E-state index >= 15 is 0 Å². The molecule has 0 radical (unpaired) electrons. The van der Waals surface area contributed by atoms with Gasteiger partial charge in [-0.05, 0) is 37.8 Å². The van der Waals surface area contributed by atoms with E-state index in [9.17, 15) is 13.2 Å². The van der Waals surface area contributed by atoms with Gasteiger partial charge < -0.3 is 5.32 Å². The number of benzene rings is 1. The summed E-state index contributed by atoms with van der Waals surface area (Å²) in [5.74, 6) is 0. The molecule has 2 atom stereocenters. The molecule has 0 aliphatic heterocycles. The molecule has 1 aromatic rings. The van der Waals surface area contributed by atoms with E-state index in [0.717, 1.165) is 24.8 Å². The van der Waals surface area contributed by atoms with Crippen LogP contribution in [0.25, 0.3) is 0 Å². The molecule has 4 heteroatoms. The van der Waals surface area contributed by atoms with Crippen molar-refractivity contribution in [2.24, 2.45) is 0 Å². The standard InChI is InChI=1S/C16H24F3N/c1-4-5-6-14-7-9-15(10-8-14)13(3)20-12(2)11-16(17,18)19/h7-10,12-13,20H,4-6,11H2,1-3H3. The van der Waals surface area contributed by atoms with Gasteiger partial charge in [-0.3, -0.25) is 0 Å². The molecule has 0 saturated carbocycles. The van der Waals surface area contributed by atoms with Gasteiger partial charge in [-0.15, -0.1) is 0 Å². The number of alkyl halides is 3. The fourth-order valence-electron chi connectivity index (χ4n) is 2.28. The Bertz CT molecular complexity index is 384. The molecule has 114 valence electrons. The van der Waals surface area contributed by atoms with Gasteiger partial charge in [0.2, 0.25) is 0 Å². The Balaban J connectivity index is 2.52. The number of halogens is 3. The van der Waals surface area contributed by atoms with Gasteiger partial charge in [-0.1, -0.05) is 37.6 Å². The summed E-state index contributed by atoms with van der Waals surface area (Å²) in [6.45, 7) is 5.62. The van der Waals surface area contributed by atoms with Crippen molar-refractivity contribution in [3.05, 3.63) is 35.4 Å². The van der Waals surface area contributed by atoms with Crippen LogP contribution in [-0.4, -0.2) is 12.2 Å². The summed E-state index contributed by atoms with van der Waals surface area (Å²) in [6.07, 6.45) is -1.53. The summed E-state index contributed by atoms with van der Waals surface area (Å²) in [7, 11) is 0. The fourth-order valence-corrected chi connectivity index (χ4v) is 2.28. The third kappa shape index (κ3) is 6.42. The molecule has 0 fully saturated rings. The van der Waals surface area contributed by atoms with Crippen molar-refractivity contribution >= 4 is 0 Å². The van der Waals surface area contributed by atoms with Crippen LogP contribution in [0.15, 0.2) is 24.3 Å². The minimum Gasteiger partial charge on any atom is -0.307 e. The van der Waals surface area contributed by atoms with E-state index in [0.29, 0.717) is 0 Å². The van der Waals surface area contributed by atoms with Gasteiger partial charge in [0, 0.05) is 12.1 Å². The highest BCUT2D eigenvalue weighted by molar-refractivity contribution is 5.24. The second-order valence-electron chi connectivity index (χ2n) is 5.45. The first-order chi connectivity index (χ1) is 9.31. The van der Waals surface area contributed by atoms with Gasteiger partial charge in [-0.2, -0.15) is 13.2 Å². The van der Waals surface area contributed by atoms with Crippen LogP contribution >= 0.6 is 0 Å². The molecule has 20 heavy (non-hydrogen) atoms. The van der Waals surface area contributed by atoms with Crippen LogP contribution in [0.5, 0.6) is 0 Å². The largest absolute Gasteiger partial charge is 0.390 e. The molecule has 1 rings (SSSR count). The molecular weight excluding hydrogens is 263 g/mol. The van der Waals surface area contributed by atoms with Crippen molar-refractivity contribution in [3.63, 3.8) is 0 Å². The maximum Gasteiger partial charge on any atom is 0.390 e. The minimum absolute atomic E-state index is 0.0763. The average molecular weight is 287 g/mol. The molecule has 1 aromatic carbocycles. The number of nitrogens with one attached hydrogen (secondary N) is 1. The smallest absolute Gasteiger partial charge is 0.307 e. The van der Waals surface area contributed by atoms with E-state index in [1.54, 1.807) is 6.92 Å². The zero-order valence-electron chi connectivity index (χ0n) is 12.4. The second kappa shape index (κ2) is 7.67. The SMILES string of the molecule is CCCCc1ccc(C(C)NC(C)CC(F)(F)F)cc1. The second-order valence-corrected chi connectivity index (χ2v) is 5.45. The molecule has 0 amide bonds. The molecule has 0 heterocycles. The number of hydrogen-bond donors (Lipinski definition) is 1. The van der Waals surface area contributed by atoms with Crippen molar-refractivity contribution in [1.29, 1.82) is 0 Å². The summed E-state index contributed by atoms with van der Waals surface area (Å²) in [5.41, 5.74) is 2.31. The van der Waals surface area contributed by atoms with E-state index in [1.807, 2.05) is 19.1 Å². The lowest BCUT2D eigenvalue weighted by atomic mass is 10.0. The molecule has 0 aliphatic carbocycles. The highest BCUT2D eigenvalue weighted by atomic mass is 19.4. The first kappa shape index (κ1) is 17.0. The van der Waals surface area contributed by atoms with E-state index in [1.165, 1.54) is 5.56 Å². The predicted molar refractivity (Wildman–Crippen MR) is 76.7 cm³/mol. The lowest BCUT2D eigenvalue weighted by molar-refractivity contribution is -0.139. The molecule has 1 N–H and O–H groups in total. The van der Waals surface area contributed by atoms with Crippen LogP contribution in [0.1, 0.15) is 57.2 Å². The number of hydrogen-bond acceptors (Lipinski definition) is 1. The normalized spacial score (nSPS) is 15.1. The zero-order valence-corrected chi connectivity index (χ0v) is 12.4. The van der Waals surface area contributed by atoms with Crippen LogP contribution in [0, 0.1) is 0 Å². The Labute approximate surface area is 119 Å². The fraction of sp³-hybridized carbons (Fsp3) is 0.625. The maximum atomic E-state index is 12.3. The Morgan fingerprint density at radius 1 is 1.10 bits per heavy atom. The summed E-state index contributed by atoms with van der Waals surface area (Å²) in [6, 6.07) is 7.48. The van der Waals surface area contributed by atoms with Gasteiger partial charge in [0.05, 0.1) is 6.42 Å². The summed E-state index contributed by atoms with van der Waals surface area (Å²) < 4.78 is 36.9. The van der Waals surface area contributed by atoms with Crippen molar-refractivity contribution in [1.82, 2.24) is 5.32 Å². The Morgan fingerprint density at radius 2 is 1.70 bits per heavy atom. The molecule has 0 saturated heterocycles. The van der Waals surface area contributed by atoms with E-state index < -0.39 is 18.6 Å². The van der Waals surface area contributed by atoms with Crippen LogP contribution in [0.3, 0.4) is 0 Å². The minimum atomic E-state index is -4.11. The predicted octanol–water partition coefficient (Wildman–Crippen LogP) is 5.02. The van der Waals surface area contributed by atoms with Gasteiger partial charge in [-0.25, -0.2) is 0 Å². The van der Waals surface area contributed by atoms with Gasteiger partial charge in [0.25, 0.3) is 0 Å². The lowest BCUT2D eigenvalue weighted by Gasteiger charge is -2.21. The zero-order chi connectivity index (χ0) is 15.2. The van der Waals surface area contributed by atoms with E-state index in [-0.39, 0.29) is 6.04 Å². The number of aryl methyl sites for hydroxylation is 1. The van der Waals surface area contributed by atoms with Gasteiger partial charge in [0.1, 0.15) is 0 Å². The third-order valence-electron chi connectivity index (χ3n) is 3.37. The van der Waals surface area contributed by atoms with Gasteiger partial charge >= 0.3 is 6.18 Å². The van der Waals surface area contributed by atoms with Crippen molar-refractivity contribution in [3.8, 4) is 0 Å². The quantitative estimate of drug-likeness (QED) is 0.742. The van der Waals surface area contributed by atoms with E-state index in [2.05, 4.69) is 24.4 Å². The van der Waals surface area contributed by atoms with Crippen LogP contribution in [0.2, 0.25) is 0 Å². The summed E-state index contributed by atoms with van der Waals surface area (Å²) in [4.78, 5) is 0. The lowest BCUT2D eigenvalue weighted by Crippen LogP contribution is -2.33. The third-order valence-corrected chi connectivity index (χ3v) is 3.37. The first-order valence-electron chi connectivity index (χ1n) is 7.23. The molecule has 0 aromatic heterocycles.